The van der Waals surface area contributed by atoms with E-state index in [9.17, 15) is 5.11 Å². The maximum absolute atomic E-state index is 10.7. The van der Waals surface area contributed by atoms with E-state index >= 15 is 0 Å². The molecule has 0 spiro atoms. The lowest BCUT2D eigenvalue weighted by atomic mass is 10.1. The van der Waals surface area contributed by atoms with Crippen LogP contribution in [-0.2, 0) is 18.3 Å². The molecular formula is C28H39N3O3. The van der Waals surface area contributed by atoms with Crippen molar-refractivity contribution < 1.29 is 14.6 Å². The average molecular weight is 466 g/mol. The van der Waals surface area contributed by atoms with Gasteiger partial charge in [-0.15, -0.1) is 0 Å². The maximum atomic E-state index is 10.7. The second kappa shape index (κ2) is 12.7. The average Bonchev–Trinajstić information content (AvgIpc) is 3.14. The first-order valence-electron chi connectivity index (χ1n) is 12.2. The van der Waals surface area contributed by atoms with Gasteiger partial charge in [0.2, 0.25) is 5.88 Å². The first kappa shape index (κ1) is 25.9. The first-order chi connectivity index (χ1) is 16.4. The molecule has 0 bridgehead atoms. The summed E-state index contributed by atoms with van der Waals surface area (Å²) < 4.78 is 13.9. The van der Waals surface area contributed by atoms with Gasteiger partial charge in [0.05, 0.1) is 18.3 Å². The molecule has 3 rings (SSSR count). The highest BCUT2D eigenvalue weighted by Crippen LogP contribution is 2.34. The lowest BCUT2D eigenvalue weighted by Gasteiger charge is -2.30. The van der Waals surface area contributed by atoms with Gasteiger partial charge in [-0.1, -0.05) is 69.3 Å². The third-order valence-electron chi connectivity index (χ3n) is 5.87. The highest BCUT2D eigenvalue weighted by Gasteiger charge is 2.25. The molecule has 184 valence electrons. The van der Waals surface area contributed by atoms with Crippen molar-refractivity contribution in [3.63, 3.8) is 0 Å². The Morgan fingerprint density at radius 3 is 2.24 bits per heavy atom. The van der Waals surface area contributed by atoms with Crippen molar-refractivity contribution in [2.45, 2.75) is 52.8 Å². The molecule has 2 aromatic carbocycles. The van der Waals surface area contributed by atoms with Crippen LogP contribution in [0, 0.1) is 5.92 Å². The minimum absolute atomic E-state index is 0.271. The van der Waals surface area contributed by atoms with Crippen LogP contribution in [0.25, 0.3) is 11.3 Å². The number of ether oxygens (including phenoxy) is 2. The SMILES string of the molecule is CCC(C)N(Cc1c(-c2ccccc2)nn(C)c1Oc1ccccc1)CC(O)COCC(C)C. The molecule has 2 unspecified atom stereocenters. The monoisotopic (exact) mass is 465 g/mol. The van der Waals surface area contributed by atoms with Crippen molar-refractivity contribution >= 4 is 0 Å². The highest BCUT2D eigenvalue weighted by molar-refractivity contribution is 5.65. The van der Waals surface area contributed by atoms with Crippen LogP contribution < -0.4 is 4.74 Å². The Morgan fingerprint density at radius 2 is 1.62 bits per heavy atom. The van der Waals surface area contributed by atoms with Crippen molar-refractivity contribution in [2.75, 3.05) is 19.8 Å². The summed E-state index contributed by atoms with van der Waals surface area (Å²) in [6.07, 6.45) is 0.401. The van der Waals surface area contributed by atoms with Crippen molar-refractivity contribution in [3.8, 4) is 22.9 Å². The number of aryl methyl sites for hydroxylation is 1. The largest absolute Gasteiger partial charge is 0.439 e. The summed E-state index contributed by atoms with van der Waals surface area (Å²) in [6, 6.07) is 20.2. The highest BCUT2D eigenvalue weighted by atomic mass is 16.5. The van der Waals surface area contributed by atoms with E-state index in [1.807, 2.05) is 60.3 Å². The number of rotatable bonds is 13. The van der Waals surface area contributed by atoms with E-state index in [1.54, 1.807) is 0 Å². The van der Waals surface area contributed by atoms with Gasteiger partial charge in [-0.3, -0.25) is 4.90 Å². The minimum Gasteiger partial charge on any atom is -0.439 e. The molecule has 1 heterocycles. The first-order valence-corrected chi connectivity index (χ1v) is 12.2. The van der Waals surface area contributed by atoms with Crippen LogP contribution in [0.1, 0.15) is 39.7 Å². The van der Waals surface area contributed by atoms with E-state index in [4.69, 9.17) is 14.6 Å². The fourth-order valence-electron chi connectivity index (χ4n) is 3.88. The van der Waals surface area contributed by atoms with Gasteiger partial charge >= 0.3 is 0 Å². The van der Waals surface area contributed by atoms with E-state index in [0.29, 0.717) is 38.1 Å². The van der Waals surface area contributed by atoms with Crippen molar-refractivity contribution in [3.05, 3.63) is 66.2 Å². The summed E-state index contributed by atoms with van der Waals surface area (Å²) in [4.78, 5) is 2.30. The summed E-state index contributed by atoms with van der Waals surface area (Å²) in [5.41, 5.74) is 2.95. The summed E-state index contributed by atoms with van der Waals surface area (Å²) in [5, 5.41) is 15.6. The Kier molecular flexibility index (Phi) is 9.69. The van der Waals surface area contributed by atoms with Gasteiger partial charge in [-0.25, -0.2) is 4.68 Å². The summed E-state index contributed by atoms with van der Waals surface area (Å²) in [6.45, 7) is 10.7. The lowest BCUT2D eigenvalue weighted by molar-refractivity contribution is 0.0000409. The Balaban J connectivity index is 1.91. The van der Waals surface area contributed by atoms with Gasteiger partial charge in [0, 0.05) is 38.3 Å². The zero-order valence-corrected chi connectivity index (χ0v) is 21.1. The van der Waals surface area contributed by atoms with Gasteiger partial charge in [-0.2, -0.15) is 5.10 Å². The molecule has 0 saturated carbocycles. The summed E-state index contributed by atoms with van der Waals surface area (Å²) in [5.74, 6) is 1.92. The van der Waals surface area contributed by atoms with E-state index in [-0.39, 0.29) is 6.04 Å². The second-order valence-corrected chi connectivity index (χ2v) is 9.31. The number of aliphatic hydroxyl groups excluding tert-OH is 1. The molecule has 34 heavy (non-hydrogen) atoms. The van der Waals surface area contributed by atoms with Crippen LogP contribution in [0.15, 0.2) is 60.7 Å². The molecule has 1 N–H and O–H groups in total. The van der Waals surface area contributed by atoms with Crippen molar-refractivity contribution in [1.29, 1.82) is 0 Å². The van der Waals surface area contributed by atoms with Crippen LogP contribution >= 0.6 is 0 Å². The number of hydrogen-bond acceptors (Lipinski definition) is 5. The standard InChI is InChI=1S/C28H39N3O3/c1-6-22(4)31(17-24(32)20-33-19-21(2)3)18-26-27(23-13-9-7-10-14-23)29-30(5)28(26)34-25-15-11-8-12-16-25/h7-16,21-22,24,32H,6,17-20H2,1-5H3. The molecular weight excluding hydrogens is 426 g/mol. The molecule has 0 amide bonds. The number of hydrogen-bond donors (Lipinski definition) is 1. The molecule has 3 aromatic rings. The predicted molar refractivity (Wildman–Crippen MR) is 137 cm³/mol. The predicted octanol–water partition coefficient (Wildman–Crippen LogP) is 5.51. The van der Waals surface area contributed by atoms with E-state index in [0.717, 1.165) is 29.0 Å². The van der Waals surface area contributed by atoms with Crippen LogP contribution in [0.4, 0.5) is 0 Å². The number of aromatic nitrogens is 2. The number of para-hydroxylation sites is 1. The van der Waals surface area contributed by atoms with Gasteiger partial charge in [-0.05, 0) is 31.4 Å². The van der Waals surface area contributed by atoms with Crippen LogP contribution in [0.2, 0.25) is 0 Å². The molecule has 0 aliphatic rings. The van der Waals surface area contributed by atoms with Gasteiger partial charge < -0.3 is 14.6 Å². The van der Waals surface area contributed by atoms with Crippen LogP contribution in [0.3, 0.4) is 0 Å². The van der Waals surface area contributed by atoms with Crippen molar-refractivity contribution in [2.24, 2.45) is 13.0 Å². The van der Waals surface area contributed by atoms with Gasteiger partial charge in [0.1, 0.15) is 11.4 Å². The fourth-order valence-corrected chi connectivity index (χ4v) is 3.88. The normalized spacial score (nSPS) is 13.4. The second-order valence-electron chi connectivity index (χ2n) is 9.31. The Labute approximate surface area is 204 Å². The van der Waals surface area contributed by atoms with Crippen LogP contribution in [-0.4, -0.2) is 51.7 Å². The Bertz CT molecular complexity index is 989. The minimum atomic E-state index is -0.567. The topological polar surface area (TPSA) is 59.8 Å². The molecule has 2 atom stereocenters. The number of aliphatic hydroxyl groups is 1. The summed E-state index contributed by atoms with van der Waals surface area (Å²) >= 11 is 0. The molecule has 0 radical (unpaired) electrons. The number of benzene rings is 2. The van der Waals surface area contributed by atoms with Gasteiger partial charge in [0.15, 0.2) is 0 Å². The number of nitrogens with zero attached hydrogens (tertiary/aromatic N) is 3. The lowest BCUT2D eigenvalue weighted by Crippen LogP contribution is -2.40. The zero-order chi connectivity index (χ0) is 24.5. The van der Waals surface area contributed by atoms with E-state index in [2.05, 4.69) is 44.7 Å². The summed E-state index contributed by atoms with van der Waals surface area (Å²) in [7, 11) is 1.91. The zero-order valence-electron chi connectivity index (χ0n) is 21.1. The molecule has 6 heteroatoms. The molecule has 6 nitrogen and oxygen atoms in total. The maximum Gasteiger partial charge on any atom is 0.222 e. The van der Waals surface area contributed by atoms with Crippen molar-refractivity contribution in [1.82, 2.24) is 14.7 Å². The Morgan fingerprint density at radius 1 is 0.971 bits per heavy atom. The molecule has 0 saturated heterocycles. The molecule has 0 aliphatic heterocycles. The molecule has 1 aromatic heterocycles. The quantitative estimate of drug-likeness (QED) is 0.360. The third-order valence-corrected chi connectivity index (χ3v) is 5.87. The molecule has 0 aliphatic carbocycles. The van der Waals surface area contributed by atoms with Gasteiger partial charge in [0.25, 0.3) is 0 Å². The fraction of sp³-hybridized carbons (Fsp3) is 0.464. The smallest absolute Gasteiger partial charge is 0.222 e. The van der Waals surface area contributed by atoms with E-state index < -0.39 is 6.10 Å². The van der Waals surface area contributed by atoms with E-state index in [1.165, 1.54) is 0 Å². The van der Waals surface area contributed by atoms with Crippen LogP contribution in [0.5, 0.6) is 11.6 Å². The Hall–Kier alpha value is -2.67. The molecule has 0 fully saturated rings. The third kappa shape index (κ3) is 7.16.